The van der Waals surface area contributed by atoms with E-state index < -0.39 is 0 Å². The zero-order valence-corrected chi connectivity index (χ0v) is 10.2. The fourth-order valence-electron chi connectivity index (χ4n) is 1.08. The van der Waals surface area contributed by atoms with E-state index in [4.69, 9.17) is 16.0 Å². The Labute approximate surface area is 105 Å². The van der Waals surface area contributed by atoms with E-state index in [0.29, 0.717) is 15.5 Å². The minimum atomic E-state index is -0.338. The topological polar surface area (TPSA) is 55.1 Å². The van der Waals surface area contributed by atoms with Gasteiger partial charge in [0.25, 0.3) is 5.91 Å². The third-order valence-corrected chi connectivity index (χ3v) is 2.43. The van der Waals surface area contributed by atoms with E-state index in [2.05, 4.69) is 26.2 Å². The van der Waals surface area contributed by atoms with Crippen molar-refractivity contribution in [2.24, 2.45) is 0 Å². The first-order valence-corrected chi connectivity index (χ1v) is 5.50. The zero-order valence-electron chi connectivity index (χ0n) is 7.91. The van der Waals surface area contributed by atoms with E-state index >= 15 is 0 Å². The summed E-state index contributed by atoms with van der Waals surface area (Å²) in [6.07, 6.45) is 1.47. The average Bonchev–Trinajstić information content (AvgIpc) is 2.68. The summed E-state index contributed by atoms with van der Waals surface area (Å²) in [7, 11) is 0. The van der Waals surface area contributed by atoms with Gasteiger partial charge in [0.05, 0.1) is 11.9 Å². The summed E-state index contributed by atoms with van der Waals surface area (Å²) in [4.78, 5) is 15.5. The van der Waals surface area contributed by atoms with Gasteiger partial charge in [-0.25, -0.2) is 4.98 Å². The van der Waals surface area contributed by atoms with Crippen molar-refractivity contribution in [2.75, 3.05) is 5.32 Å². The maximum absolute atomic E-state index is 11.6. The molecule has 0 aliphatic rings. The number of furan rings is 1. The van der Waals surface area contributed by atoms with E-state index in [0.717, 1.165) is 0 Å². The fourth-order valence-corrected chi connectivity index (χ4v) is 1.50. The van der Waals surface area contributed by atoms with Crippen LogP contribution in [0.2, 0.25) is 5.15 Å². The van der Waals surface area contributed by atoms with Crippen molar-refractivity contribution in [3.8, 4) is 0 Å². The summed E-state index contributed by atoms with van der Waals surface area (Å²) < 4.78 is 5.61. The SMILES string of the molecule is O=C(Nc1ccc(Cl)nc1)c1ccc(Br)o1. The number of nitrogens with zero attached hydrogens (tertiary/aromatic N) is 1. The summed E-state index contributed by atoms with van der Waals surface area (Å²) in [5.74, 6) is -0.114. The van der Waals surface area contributed by atoms with E-state index in [1.807, 2.05) is 0 Å². The number of hydrogen-bond acceptors (Lipinski definition) is 3. The van der Waals surface area contributed by atoms with Gasteiger partial charge < -0.3 is 9.73 Å². The Hall–Kier alpha value is -1.33. The lowest BCUT2D eigenvalue weighted by Gasteiger charge is -2.01. The Bertz CT molecular complexity index is 510. The molecule has 6 heteroatoms. The van der Waals surface area contributed by atoms with Crippen molar-refractivity contribution < 1.29 is 9.21 Å². The number of aromatic nitrogens is 1. The van der Waals surface area contributed by atoms with Gasteiger partial charge in [-0.3, -0.25) is 4.79 Å². The average molecular weight is 302 g/mol. The molecule has 0 atom stereocenters. The molecule has 2 heterocycles. The van der Waals surface area contributed by atoms with Gasteiger partial charge in [0, 0.05) is 0 Å². The smallest absolute Gasteiger partial charge is 0.291 e. The monoisotopic (exact) mass is 300 g/mol. The van der Waals surface area contributed by atoms with Crippen LogP contribution in [0.1, 0.15) is 10.6 Å². The van der Waals surface area contributed by atoms with Crippen LogP contribution < -0.4 is 5.32 Å². The summed E-state index contributed by atoms with van der Waals surface area (Å²) in [6, 6.07) is 6.47. The summed E-state index contributed by atoms with van der Waals surface area (Å²) >= 11 is 8.74. The lowest BCUT2D eigenvalue weighted by molar-refractivity contribution is 0.0995. The maximum atomic E-state index is 11.6. The van der Waals surface area contributed by atoms with Crippen LogP contribution in [0.5, 0.6) is 0 Å². The van der Waals surface area contributed by atoms with E-state index in [1.54, 1.807) is 24.3 Å². The number of carbonyl (C=O) groups is 1. The van der Waals surface area contributed by atoms with Crippen LogP contribution >= 0.6 is 27.5 Å². The standard InChI is InChI=1S/C10H6BrClN2O2/c11-8-3-2-7(16-8)10(15)14-6-1-4-9(12)13-5-6/h1-5H,(H,14,15). The molecular weight excluding hydrogens is 295 g/mol. The summed E-state index contributed by atoms with van der Waals surface area (Å²) in [5, 5.41) is 3.00. The van der Waals surface area contributed by atoms with Crippen LogP contribution in [0.3, 0.4) is 0 Å². The molecule has 0 aliphatic heterocycles. The van der Waals surface area contributed by atoms with Crippen molar-refractivity contribution in [2.45, 2.75) is 0 Å². The van der Waals surface area contributed by atoms with Gasteiger partial charge in [-0.1, -0.05) is 11.6 Å². The van der Waals surface area contributed by atoms with Crippen LogP contribution in [0, 0.1) is 0 Å². The molecule has 16 heavy (non-hydrogen) atoms. The molecule has 0 aliphatic carbocycles. The molecule has 2 aromatic heterocycles. The first-order valence-electron chi connectivity index (χ1n) is 4.33. The Balaban J connectivity index is 2.10. The zero-order chi connectivity index (χ0) is 11.5. The predicted octanol–water partition coefficient (Wildman–Crippen LogP) is 3.34. The summed E-state index contributed by atoms with van der Waals surface area (Å²) in [5.41, 5.74) is 0.557. The van der Waals surface area contributed by atoms with Crippen LogP contribution in [0.15, 0.2) is 39.5 Å². The second-order valence-corrected chi connectivity index (χ2v) is 4.10. The van der Waals surface area contributed by atoms with Gasteiger partial charge in [0.15, 0.2) is 10.4 Å². The lowest BCUT2D eigenvalue weighted by atomic mass is 10.4. The number of hydrogen-bond donors (Lipinski definition) is 1. The molecule has 0 aromatic carbocycles. The quantitative estimate of drug-likeness (QED) is 0.866. The Morgan fingerprint density at radius 2 is 2.19 bits per heavy atom. The van der Waals surface area contributed by atoms with Crippen molar-refractivity contribution in [3.05, 3.63) is 46.0 Å². The van der Waals surface area contributed by atoms with Crippen molar-refractivity contribution >= 4 is 39.1 Å². The van der Waals surface area contributed by atoms with Gasteiger partial charge in [0.2, 0.25) is 0 Å². The molecule has 0 radical (unpaired) electrons. The third kappa shape index (κ3) is 2.62. The van der Waals surface area contributed by atoms with Crippen LogP contribution in [-0.2, 0) is 0 Å². The number of rotatable bonds is 2. The molecule has 2 rings (SSSR count). The van der Waals surface area contributed by atoms with Crippen molar-refractivity contribution in [1.82, 2.24) is 4.98 Å². The Morgan fingerprint density at radius 3 is 2.75 bits per heavy atom. The number of nitrogens with one attached hydrogen (secondary N) is 1. The lowest BCUT2D eigenvalue weighted by Crippen LogP contribution is -2.10. The molecule has 0 fully saturated rings. The van der Waals surface area contributed by atoms with Crippen molar-refractivity contribution in [3.63, 3.8) is 0 Å². The number of anilines is 1. The molecule has 1 N–H and O–H groups in total. The summed E-state index contributed by atoms with van der Waals surface area (Å²) in [6.45, 7) is 0. The highest BCUT2D eigenvalue weighted by molar-refractivity contribution is 9.10. The number of pyridine rings is 1. The van der Waals surface area contributed by atoms with Gasteiger partial charge in [-0.2, -0.15) is 0 Å². The molecule has 1 amide bonds. The van der Waals surface area contributed by atoms with E-state index in [-0.39, 0.29) is 11.7 Å². The molecule has 0 spiro atoms. The molecule has 0 unspecified atom stereocenters. The largest absolute Gasteiger partial charge is 0.444 e. The molecule has 0 saturated carbocycles. The van der Waals surface area contributed by atoms with Gasteiger partial charge in [-0.05, 0) is 40.2 Å². The molecule has 2 aromatic rings. The normalized spacial score (nSPS) is 10.1. The van der Waals surface area contributed by atoms with Crippen LogP contribution in [0.4, 0.5) is 5.69 Å². The molecule has 0 bridgehead atoms. The van der Waals surface area contributed by atoms with E-state index in [1.165, 1.54) is 6.20 Å². The number of amides is 1. The molecule has 0 saturated heterocycles. The van der Waals surface area contributed by atoms with Crippen molar-refractivity contribution in [1.29, 1.82) is 0 Å². The second-order valence-electron chi connectivity index (χ2n) is 2.93. The predicted molar refractivity (Wildman–Crippen MR) is 63.6 cm³/mol. The fraction of sp³-hybridized carbons (Fsp3) is 0. The highest BCUT2D eigenvalue weighted by Crippen LogP contribution is 2.16. The highest BCUT2D eigenvalue weighted by Gasteiger charge is 2.10. The molecular formula is C10H6BrClN2O2. The Morgan fingerprint density at radius 1 is 1.38 bits per heavy atom. The molecule has 82 valence electrons. The first kappa shape index (κ1) is 11.2. The minimum absolute atomic E-state index is 0.224. The third-order valence-electron chi connectivity index (χ3n) is 1.78. The highest BCUT2D eigenvalue weighted by atomic mass is 79.9. The van der Waals surface area contributed by atoms with Crippen LogP contribution in [-0.4, -0.2) is 10.9 Å². The minimum Gasteiger partial charge on any atom is -0.444 e. The number of halogens is 2. The van der Waals surface area contributed by atoms with Gasteiger partial charge in [-0.15, -0.1) is 0 Å². The van der Waals surface area contributed by atoms with E-state index in [9.17, 15) is 4.79 Å². The number of carbonyl (C=O) groups excluding carboxylic acids is 1. The maximum Gasteiger partial charge on any atom is 0.291 e. The van der Waals surface area contributed by atoms with Gasteiger partial charge >= 0.3 is 0 Å². The molecule has 4 nitrogen and oxygen atoms in total. The first-order chi connectivity index (χ1) is 7.65. The van der Waals surface area contributed by atoms with Crippen LogP contribution in [0.25, 0.3) is 0 Å². The Kier molecular flexibility index (Phi) is 3.26. The second kappa shape index (κ2) is 4.67. The van der Waals surface area contributed by atoms with Gasteiger partial charge in [0.1, 0.15) is 5.15 Å².